The molecule has 6 nitrogen and oxygen atoms in total. The summed E-state index contributed by atoms with van der Waals surface area (Å²) in [6, 6.07) is 5.94. The zero-order valence-electron chi connectivity index (χ0n) is 17.5. The van der Waals surface area contributed by atoms with Crippen molar-refractivity contribution in [3.63, 3.8) is 0 Å². The van der Waals surface area contributed by atoms with Crippen LogP contribution in [0.5, 0.6) is 0 Å². The van der Waals surface area contributed by atoms with E-state index in [-0.39, 0.29) is 12.5 Å². The van der Waals surface area contributed by atoms with Crippen molar-refractivity contribution < 1.29 is 9.90 Å². The minimum Gasteiger partial charge on any atom is -0.395 e. The first-order valence-electron chi connectivity index (χ1n) is 10.1. The van der Waals surface area contributed by atoms with Crippen LogP contribution in [-0.4, -0.2) is 52.7 Å². The number of rotatable bonds is 9. The fourth-order valence-corrected chi connectivity index (χ4v) is 3.95. The first kappa shape index (κ1) is 22.1. The zero-order valence-corrected chi connectivity index (χ0v) is 18.3. The third-order valence-electron chi connectivity index (χ3n) is 5.13. The normalized spacial score (nSPS) is 14.1. The summed E-state index contributed by atoms with van der Waals surface area (Å²) in [6.07, 6.45) is 7.90. The van der Waals surface area contributed by atoms with Crippen LogP contribution < -0.4 is 5.32 Å². The van der Waals surface area contributed by atoms with Gasteiger partial charge in [-0.2, -0.15) is 0 Å². The summed E-state index contributed by atoms with van der Waals surface area (Å²) in [4.78, 5) is 19.0. The van der Waals surface area contributed by atoms with Crippen molar-refractivity contribution in [3.05, 3.63) is 64.2 Å². The van der Waals surface area contributed by atoms with Gasteiger partial charge in [0.2, 0.25) is 5.91 Å². The number of nitrogens with zero attached hydrogens (tertiary/aromatic N) is 3. The lowest BCUT2D eigenvalue weighted by molar-refractivity contribution is -0.111. The van der Waals surface area contributed by atoms with Crippen molar-refractivity contribution in [1.82, 2.24) is 9.27 Å². The molecule has 1 aliphatic heterocycles. The van der Waals surface area contributed by atoms with Crippen LogP contribution >= 0.6 is 11.5 Å². The average molecular weight is 425 g/mol. The molecule has 0 atom stereocenters. The lowest BCUT2D eigenvalue weighted by Gasteiger charge is -2.20. The van der Waals surface area contributed by atoms with E-state index in [0.29, 0.717) is 6.54 Å². The van der Waals surface area contributed by atoms with E-state index in [1.807, 2.05) is 49.0 Å². The van der Waals surface area contributed by atoms with Crippen molar-refractivity contribution in [1.29, 1.82) is 0 Å². The van der Waals surface area contributed by atoms with Crippen LogP contribution in [-0.2, 0) is 11.3 Å². The third kappa shape index (κ3) is 5.95. The number of hydrogen-bond donors (Lipinski definition) is 2. The molecule has 2 aromatic rings. The number of aliphatic hydroxyl groups excluding tert-OH is 1. The molecule has 0 aliphatic carbocycles. The van der Waals surface area contributed by atoms with E-state index in [1.54, 1.807) is 6.08 Å². The maximum Gasteiger partial charge on any atom is 0.248 e. The number of allylic oxidation sites excluding steroid dienone is 2. The van der Waals surface area contributed by atoms with Crippen molar-refractivity contribution in [2.45, 2.75) is 26.8 Å². The maximum atomic E-state index is 12.4. The highest BCUT2D eigenvalue weighted by molar-refractivity contribution is 7.03. The van der Waals surface area contributed by atoms with Gasteiger partial charge in [-0.15, -0.1) is 0 Å². The number of carbonyl (C=O) groups excluding carboxylic acids is 1. The SMILES string of the molecule is CCN(CCO)Cc1ccc(NC(=O)/C=C/C2=C(c3cnsc3)CCN=C2)cc1C. The van der Waals surface area contributed by atoms with Gasteiger partial charge in [0.05, 0.1) is 6.61 Å². The largest absolute Gasteiger partial charge is 0.395 e. The Morgan fingerprint density at radius 1 is 1.40 bits per heavy atom. The standard InChI is InChI=1S/C23H28N4O2S/c1-3-27(10-11-28)15-19-4-6-21(12-17(19)2)26-23(29)7-5-18-13-24-9-8-22(18)20-14-25-30-16-20/h4-7,12-14,16,28H,3,8-11,15H2,1-2H3,(H,26,29)/b7-5+. The number of dihydropyridines is 1. The summed E-state index contributed by atoms with van der Waals surface area (Å²) >= 11 is 1.42. The van der Waals surface area contributed by atoms with E-state index in [2.05, 4.69) is 26.5 Å². The summed E-state index contributed by atoms with van der Waals surface area (Å²) in [6.45, 7) is 7.35. The number of nitrogens with one attached hydrogen (secondary N) is 1. The van der Waals surface area contributed by atoms with Gasteiger partial charge in [0.15, 0.2) is 0 Å². The zero-order chi connectivity index (χ0) is 21.3. The van der Waals surface area contributed by atoms with Gasteiger partial charge >= 0.3 is 0 Å². The minimum atomic E-state index is -0.174. The second-order valence-electron chi connectivity index (χ2n) is 7.19. The van der Waals surface area contributed by atoms with E-state index in [9.17, 15) is 4.79 Å². The van der Waals surface area contributed by atoms with Gasteiger partial charge in [-0.1, -0.05) is 13.0 Å². The number of amides is 1. The van der Waals surface area contributed by atoms with Crippen LogP contribution in [0.25, 0.3) is 5.57 Å². The predicted octanol–water partition coefficient (Wildman–Crippen LogP) is 3.69. The minimum absolute atomic E-state index is 0.152. The molecule has 0 radical (unpaired) electrons. The Hall–Kier alpha value is -2.61. The molecule has 1 aromatic heterocycles. The fraction of sp³-hybridized carbons (Fsp3) is 0.348. The Morgan fingerprint density at radius 3 is 2.97 bits per heavy atom. The van der Waals surface area contributed by atoms with Crippen molar-refractivity contribution >= 4 is 34.9 Å². The number of likely N-dealkylation sites (N-methyl/N-ethyl adjacent to an activating group) is 1. The maximum absolute atomic E-state index is 12.4. The molecular formula is C23H28N4O2S. The second-order valence-corrected chi connectivity index (χ2v) is 7.85. The van der Waals surface area contributed by atoms with Crippen LogP contribution in [0.4, 0.5) is 5.69 Å². The molecule has 1 aromatic carbocycles. The van der Waals surface area contributed by atoms with Crippen molar-refractivity contribution in [3.8, 4) is 0 Å². The third-order valence-corrected chi connectivity index (χ3v) is 5.72. The molecule has 0 saturated heterocycles. The second kappa shape index (κ2) is 11.0. The average Bonchev–Trinajstić information content (AvgIpc) is 3.28. The molecule has 1 aliphatic rings. The number of benzene rings is 1. The Bertz CT molecular complexity index is 948. The van der Waals surface area contributed by atoms with Gasteiger partial charge in [-0.25, -0.2) is 4.37 Å². The molecule has 2 heterocycles. The number of aliphatic hydroxyl groups is 1. The smallest absolute Gasteiger partial charge is 0.248 e. The highest BCUT2D eigenvalue weighted by atomic mass is 32.1. The molecule has 1 amide bonds. The van der Waals surface area contributed by atoms with Crippen LogP contribution in [0, 0.1) is 6.92 Å². The Morgan fingerprint density at radius 2 is 2.27 bits per heavy atom. The number of carbonyl (C=O) groups is 1. The molecule has 0 spiro atoms. The molecule has 0 unspecified atom stereocenters. The number of anilines is 1. The molecular weight excluding hydrogens is 396 g/mol. The molecule has 0 fully saturated rings. The fourth-order valence-electron chi connectivity index (χ4n) is 3.40. The van der Waals surface area contributed by atoms with E-state index < -0.39 is 0 Å². The lowest BCUT2D eigenvalue weighted by atomic mass is 9.98. The summed E-state index contributed by atoms with van der Waals surface area (Å²) in [7, 11) is 0. The molecule has 158 valence electrons. The Balaban J connectivity index is 1.66. The highest BCUT2D eigenvalue weighted by Crippen LogP contribution is 2.26. The first-order valence-corrected chi connectivity index (χ1v) is 11.0. The molecule has 2 N–H and O–H groups in total. The highest BCUT2D eigenvalue weighted by Gasteiger charge is 2.11. The molecule has 30 heavy (non-hydrogen) atoms. The Kier molecular flexibility index (Phi) is 8.07. The number of hydrogen-bond acceptors (Lipinski definition) is 6. The van der Waals surface area contributed by atoms with Crippen LogP contribution in [0.3, 0.4) is 0 Å². The molecule has 0 bridgehead atoms. The van der Waals surface area contributed by atoms with Crippen molar-refractivity contribution in [2.75, 3.05) is 31.6 Å². The van der Waals surface area contributed by atoms with Gasteiger partial charge < -0.3 is 10.4 Å². The van der Waals surface area contributed by atoms with Gasteiger partial charge in [0.25, 0.3) is 0 Å². The first-order chi connectivity index (χ1) is 14.6. The van der Waals surface area contributed by atoms with Crippen LogP contribution in [0.2, 0.25) is 0 Å². The summed E-state index contributed by atoms with van der Waals surface area (Å²) in [5.41, 5.74) is 6.29. The summed E-state index contributed by atoms with van der Waals surface area (Å²) < 4.78 is 4.18. The monoisotopic (exact) mass is 424 g/mol. The number of aromatic nitrogens is 1. The van der Waals surface area contributed by atoms with Gasteiger partial charge in [-0.3, -0.25) is 14.7 Å². The van der Waals surface area contributed by atoms with Gasteiger partial charge in [0.1, 0.15) is 0 Å². The van der Waals surface area contributed by atoms with Gasteiger partial charge in [0, 0.05) is 54.8 Å². The van der Waals surface area contributed by atoms with Gasteiger partial charge in [-0.05, 0) is 71.9 Å². The summed E-state index contributed by atoms with van der Waals surface area (Å²) in [5, 5.41) is 14.1. The lowest BCUT2D eigenvalue weighted by Crippen LogP contribution is -2.26. The Labute approximate surface area is 181 Å². The molecule has 7 heteroatoms. The molecule has 3 rings (SSSR count). The molecule has 0 saturated carbocycles. The van der Waals surface area contributed by atoms with E-state index in [4.69, 9.17) is 5.11 Å². The van der Waals surface area contributed by atoms with Crippen molar-refractivity contribution in [2.24, 2.45) is 4.99 Å². The summed E-state index contributed by atoms with van der Waals surface area (Å²) in [5.74, 6) is -0.174. The number of aliphatic imine (C=N–C) groups is 1. The predicted molar refractivity (Wildman–Crippen MR) is 124 cm³/mol. The van der Waals surface area contributed by atoms with Crippen LogP contribution in [0.1, 0.15) is 30.0 Å². The topological polar surface area (TPSA) is 77.8 Å². The van der Waals surface area contributed by atoms with Crippen LogP contribution in [0.15, 0.2) is 52.5 Å². The van der Waals surface area contributed by atoms with E-state index in [0.717, 1.165) is 48.4 Å². The quantitative estimate of drug-likeness (QED) is 0.602. The van der Waals surface area contributed by atoms with E-state index >= 15 is 0 Å². The van der Waals surface area contributed by atoms with E-state index in [1.165, 1.54) is 22.7 Å². The number of aryl methyl sites for hydroxylation is 1.